The van der Waals surface area contributed by atoms with Crippen LogP contribution in [0.1, 0.15) is 19.8 Å². The summed E-state index contributed by atoms with van der Waals surface area (Å²) < 4.78 is 17.3. The number of nitro benzene ring substituents is 1. The Labute approximate surface area is 167 Å². The molecule has 1 aromatic rings. The molecule has 0 saturated carbocycles. The molecule has 0 aliphatic carbocycles. The van der Waals surface area contributed by atoms with E-state index in [-0.39, 0.29) is 43.2 Å². The van der Waals surface area contributed by atoms with Crippen molar-refractivity contribution in [1.82, 2.24) is 0 Å². The second kappa shape index (κ2) is 7.96. The number of nitro groups is 1. The zero-order chi connectivity index (χ0) is 20.4. The number of carbonyl (C=O) groups is 1. The fourth-order valence-electron chi connectivity index (χ4n) is 3.87. The summed E-state index contributed by atoms with van der Waals surface area (Å²) in [7, 11) is 0. The quantitative estimate of drug-likeness (QED) is 0.424. The number of hydrogen-bond acceptors (Lipinski definition) is 9. The van der Waals surface area contributed by atoms with Crippen molar-refractivity contribution >= 4 is 23.1 Å². The monoisotopic (exact) mass is 405 g/mol. The Balaban J connectivity index is 1.37. The Morgan fingerprint density at radius 1 is 1.28 bits per heavy atom. The van der Waals surface area contributed by atoms with Crippen molar-refractivity contribution in [3.8, 4) is 0 Å². The number of benzene rings is 1. The summed E-state index contributed by atoms with van der Waals surface area (Å²) in [5.41, 5.74) is 1.25. The van der Waals surface area contributed by atoms with Crippen LogP contribution in [0.5, 0.6) is 0 Å². The molecule has 0 bridgehead atoms. The van der Waals surface area contributed by atoms with Crippen molar-refractivity contribution < 1.29 is 28.8 Å². The van der Waals surface area contributed by atoms with Crippen molar-refractivity contribution in [2.45, 2.75) is 31.7 Å². The topological polar surface area (TPSA) is 113 Å². The van der Waals surface area contributed by atoms with Gasteiger partial charge in [-0.05, 0) is 19.1 Å². The van der Waals surface area contributed by atoms with Crippen LogP contribution >= 0.6 is 0 Å². The largest absolute Gasteiger partial charge is 0.461 e. The van der Waals surface area contributed by atoms with Gasteiger partial charge in [-0.2, -0.15) is 0 Å². The number of hydrogen-bond donors (Lipinski definition) is 0. The molecule has 10 nitrogen and oxygen atoms in total. The molecule has 2 fully saturated rings. The van der Waals surface area contributed by atoms with Crippen molar-refractivity contribution in [1.29, 1.82) is 0 Å². The van der Waals surface area contributed by atoms with Crippen LogP contribution in [0.15, 0.2) is 29.4 Å². The third kappa shape index (κ3) is 3.90. The molecular weight excluding hydrogens is 382 g/mol. The molecule has 1 spiro atoms. The van der Waals surface area contributed by atoms with E-state index in [0.29, 0.717) is 25.9 Å². The van der Waals surface area contributed by atoms with E-state index >= 15 is 0 Å². The SMILES string of the molecule is CCOC(=O)C1=NOC2COC3(CCN(c4ccc([N+](=O)[O-])cc4)CC3)OCC12. The van der Waals surface area contributed by atoms with E-state index in [1.165, 1.54) is 12.1 Å². The van der Waals surface area contributed by atoms with Gasteiger partial charge in [0.15, 0.2) is 17.6 Å². The Morgan fingerprint density at radius 3 is 2.62 bits per heavy atom. The molecule has 0 amide bonds. The summed E-state index contributed by atoms with van der Waals surface area (Å²) in [5, 5.41) is 14.7. The lowest BCUT2D eigenvalue weighted by Gasteiger charge is -2.41. The Bertz CT molecular complexity index is 803. The second-order valence-corrected chi connectivity index (χ2v) is 7.24. The van der Waals surface area contributed by atoms with E-state index in [0.717, 1.165) is 5.69 Å². The highest BCUT2D eigenvalue weighted by Gasteiger charge is 2.47. The van der Waals surface area contributed by atoms with Crippen molar-refractivity contribution in [2.24, 2.45) is 11.1 Å². The molecule has 3 aliphatic heterocycles. The predicted molar refractivity (Wildman–Crippen MR) is 102 cm³/mol. The fourth-order valence-corrected chi connectivity index (χ4v) is 3.87. The summed E-state index contributed by atoms with van der Waals surface area (Å²) in [6.07, 6.45) is 0.909. The molecule has 156 valence electrons. The maximum Gasteiger partial charge on any atom is 0.356 e. The highest BCUT2D eigenvalue weighted by molar-refractivity contribution is 6.37. The van der Waals surface area contributed by atoms with Crippen LogP contribution in [0.2, 0.25) is 0 Å². The van der Waals surface area contributed by atoms with Crippen molar-refractivity contribution in [3.63, 3.8) is 0 Å². The van der Waals surface area contributed by atoms with Gasteiger partial charge in [0, 0.05) is 43.8 Å². The number of rotatable bonds is 4. The molecule has 29 heavy (non-hydrogen) atoms. The molecule has 2 saturated heterocycles. The van der Waals surface area contributed by atoms with Crippen LogP contribution in [-0.2, 0) is 23.8 Å². The molecule has 2 atom stereocenters. The summed E-state index contributed by atoms with van der Waals surface area (Å²) in [5.74, 6) is -1.52. The van der Waals surface area contributed by atoms with Gasteiger partial charge in [-0.25, -0.2) is 4.79 Å². The fraction of sp³-hybridized carbons (Fsp3) is 0.579. The smallest absolute Gasteiger partial charge is 0.356 e. The Kier molecular flexibility index (Phi) is 5.37. The molecule has 3 aliphatic rings. The highest BCUT2D eigenvalue weighted by atomic mass is 16.7. The summed E-state index contributed by atoms with van der Waals surface area (Å²) in [4.78, 5) is 30.0. The van der Waals surface area contributed by atoms with Gasteiger partial charge in [-0.1, -0.05) is 5.16 Å². The minimum absolute atomic E-state index is 0.0725. The van der Waals surface area contributed by atoms with E-state index in [1.54, 1.807) is 19.1 Å². The number of piperidine rings is 1. The molecule has 10 heteroatoms. The first-order valence-corrected chi connectivity index (χ1v) is 9.69. The van der Waals surface area contributed by atoms with E-state index in [2.05, 4.69) is 10.1 Å². The van der Waals surface area contributed by atoms with Gasteiger partial charge in [-0.3, -0.25) is 10.1 Å². The van der Waals surface area contributed by atoms with Crippen molar-refractivity contribution in [2.75, 3.05) is 37.8 Å². The summed E-state index contributed by atoms with van der Waals surface area (Å²) in [6, 6.07) is 6.52. The first kappa shape index (κ1) is 19.6. The van der Waals surface area contributed by atoms with E-state index in [4.69, 9.17) is 19.0 Å². The lowest BCUT2D eigenvalue weighted by molar-refractivity contribution is -0.384. The molecule has 0 radical (unpaired) electrons. The minimum Gasteiger partial charge on any atom is -0.461 e. The second-order valence-electron chi connectivity index (χ2n) is 7.24. The zero-order valence-electron chi connectivity index (χ0n) is 16.1. The molecule has 1 aromatic carbocycles. The van der Waals surface area contributed by atoms with E-state index in [9.17, 15) is 14.9 Å². The van der Waals surface area contributed by atoms with Crippen LogP contribution in [0.3, 0.4) is 0 Å². The molecule has 0 aromatic heterocycles. The maximum absolute atomic E-state index is 12.1. The third-order valence-electron chi connectivity index (χ3n) is 5.56. The van der Waals surface area contributed by atoms with Gasteiger partial charge in [0.2, 0.25) is 0 Å². The predicted octanol–water partition coefficient (Wildman–Crippen LogP) is 1.87. The lowest BCUT2D eigenvalue weighted by Crippen LogP contribution is -2.48. The van der Waals surface area contributed by atoms with Gasteiger partial charge in [0.1, 0.15) is 0 Å². The van der Waals surface area contributed by atoms with Crippen molar-refractivity contribution in [3.05, 3.63) is 34.4 Å². The first-order chi connectivity index (χ1) is 14.0. The molecule has 3 heterocycles. The molecule has 4 rings (SSSR count). The number of nitrogens with zero attached hydrogens (tertiary/aromatic N) is 3. The highest BCUT2D eigenvalue weighted by Crippen LogP contribution is 2.36. The van der Waals surface area contributed by atoms with Gasteiger partial charge in [0.25, 0.3) is 5.69 Å². The van der Waals surface area contributed by atoms with Crippen LogP contribution in [0.4, 0.5) is 11.4 Å². The number of oxime groups is 1. The number of fused-ring (bicyclic) bond motifs is 1. The number of non-ortho nitro benzene ring substituents is 1. The molecule has 2 unspecified atom stereocenters. The first-order valence-electron chi connectivity index (χ1n) is 9.69. The average Bonchev–Trinajstić information content (AvgIpc) is 3.07. The number of carbonyl (C=O) groups excluding carboxylic acids is 1. The van der Waals surface area contributed by atoms with Crippen LogP contribution in [0.25, 0.3) is 0 Å². The van der Waals surface area contributed by atoms with Gasteiger partial charge in [-0.15, -0.1) is 0 Å². The van der Waals surface area contributed by atoms with Crippen LogP contribution < -0.4 is 4.90 Å². The Morgan fingerprint density at radius 2 is 1.97 bits per heavy atom. The third-order valence-corrected chi connectivity index (χ3v) is 5.56. The average molecular weight is 405 g/mol. The summed E-state index contributed by atoms with van der Waals surface area (Å²) >= 11 is 0. The van der Waals surface area contributed by atoms with Crippen LogP contribution in [0, 0.1) is 16.0 Å². The zero-order valence-corrected chi connectivity index (χ0v) is 16.1. The number of esters is 1. The van der Waals surface area contributed by atoms with Gasteiger partial charge < -0.3 is 23.9 Å². The van der Waals surface area contributed by atoms with Gasteiger partial charge >= 0.3 is 5.97 Å². The summed E-state index contributed by atoms with van der Waals surface area (Å²) in [6.45, 7) is 3.95. The van der Waals surface area contributed by atoms with Gasteiger partial charge in [0.05, 0.1) is 30.7 Å². The van der Waals surface area contributed by atoms with E-state index < -0.39 is 16.7 Å². The Hall–Kier alpha value is -2.72. The van der Waals surface area contributed by atoms with Crippen LogP contribution in [-0.4, -0.2) is 61.4 Å². The normalized spacial score (nSPS) is 25.6. The number of ether oxygens (including phenoxy) is 3. The minimum atomic E-state index is -0.731. The van der Waals surface area contributed by atoms with E-state index in [1.807, 2.05) is 0 Å². The lowest BCUT2D eigenvalue weighted by atomic mass is 9.99. The standard InChI is InChI=1S/C19H23N3O7/c1-2-26-18(23)17-15-11-27-19(28-12-16(15)29-20-17)7-9-21(10-8-19)13-3-5-14(6-4-13)22(24)25/h3-6,15-16H,2,7-12H2,1H3. The molecular formula is C19H23N3O7. The maximum atomic E-state index is 12.1. The number of anilines is 1. The molecule has 0 N–H and O–H groups in total.